The highest BCUT2D eigenvalue weighted by molar-refractivity contribution is 9.10. The summed E-state index contributed by atoms with van der Waals surface area (Å²) in [5.74, 6) is 0.143. The molecule has 2 unspecified atom stereocenters. The smallest absolute Gasteiger partial charge is 0.198 e. The van der Waals surface area contributed by atoms with Gasteiger partial charge in [0, 0.05) is 10.0 Å². The van der Waals surface area contributed by atoms with E-state index in [1.165, 1.54) is 0 Å². The molecule has 2 nitrogen and oxygen atoms in total. The first-order chi connectivity index (χ1) is 9.71. The largest absolute Gasteiger partial charge is 0.352 e. The Bertz CT molecular complexity index is 710. The SMILES string of the molecule is O=C1c2ccccc2CCC12OC2c1cccc(Br)c1. The van der Waals surface area contributed by atoms with Crippen LogP contribution in [-0.2, 0) is 11.2 Å². The summed E-state index contributed by atoms with van der Waals surface area (Å²) >= 11 is 3.47. The number of ketones is 1. The van der Waals surface area contributed by atoms with Crippen molar-refractivity contribution < 1.29 is 9.53 Å². The highest BCUT2D eigenvalue weighted by Crippen LogP contribution is 2.56. The summed E-state index contributed by atoms with van der Waals surface area (Å²) < 4.78 is 6.90. The summed E-state index contributed by atoms with van der Waals surface area (Å²) in [6.45, 7) is 0. The fourth-order valence-electron chi connectivity index (χ4n) is 3.17. The summed E-state index contributed by atoms with van der Waals surface area (Å²) in [5, 5.41) is 0. The van der Waals surface area contributed by atoms with Gasteiger partial charge in [0.1, 0.15) is 6.10 Å². The van der Waals surface area contributed by atoms with Crippen LogP contribution in [0.15, 0.2) is 53.0 Å². The number of rotatable bonds is 1. The van der Waals surface area contributed by atoms with E-state index in [9.17, 15) is 4.79 Å². The number of carbonyl (C=O) groups is 1. The van der Waals surface area contributed by atoms with E-state index in [-0.39, 0.29) is 11.9 Å². The minimum atomic E-state index is -0.616. The molecule has 100 valence electrons. The van der Waals surface area contributed by atoms with Crippen LogP contribution in [0.1, 0.15) is 34.0 Å². The van der Waals surface area contributed by atoms with Crippen LogP contribution >= 0.6 is 15.9 Å². The Morgan fingerprint density at radius 2 is 2.00 bits per heavy atom. The molecule has 1 spiro atoms. The topological polar surface area (TPSA) is 29.6 Å². The van der Waals surface area contributed by atoms with E-state index in [4.69, 9.17) is 4.74 Å². The van der Waals surface area contributed by atoms with Gasteiger partial charge in [-0.15, -0.1) is 0 Å². The lowest BCUT2D eigenvalue weighted by molar-refractivity contribution is 0.0850. The first-order valence-electron chi connectivity index (χ1n) is 6.77. The molecule has 4 rings (SSSR count). The molecule has 0 N–H and O–H groups in total. The molecule has 0 bridgehead atoms. The molecule has 2 aromatic rings. The number of ether oxygens (including phenoxy) is 1. The van der Waals surface area contributed by atoms with Gasteiger partial charge in [0.05, 0.1) is 0 Å². The minimum Gasteiger partial charge on any atom is -0.352 e. The lowest BCUT2D eigenvalue weighted by atomic mass is 9.79. The maximum atomic E-state index is 12.7. The highest BCUT2D eigenvalue weighted by Gasteiger charge is 2.63. The van der Waals surface area contributed by atoms with Crippen molar-refractivity contribution in [2.75, 3.05) is 0 Å². The van der Waals surface area contributed by atoms with Crippen LogP contribution in [0, 0.1) is 0 Å². The maximum absolute atomic E-state index is 12.7. The molecule has 2 aliphatic rings. The van der Waals surface area contributed by atoms with Crippen LogP contribution in [0.25, 0.3) is 0 Å². The maximum Gasteiger partial charge on any atom is 0.198 e. The standard InChI is InChI=1S/C17H13BrO2/c18-13-6-3-5-12(10-13)16-17(20-16)9-8-11-4-1-2-7-14(11)15(17)19/h1-7,10,16H,8-9H2. The second-order valence-corrected chi connectivity index (χ2v) is 6.34. The zero-order valence-electron chi connectivity index (χ0n) is 10.8. The highest BCUT2D eigenvalue weighted by atomic mass is 79.9. The number of halogens is 1. The van der Waals surface area contributed by atoms with Crippen LogP contribution in [0.2, 0.25) is 0 Å². The van der Waals surface area contributed by atoms with Crippen LogP contribution in [-0.4, -0.2) is 11.4 Å². The number of Topliss-reactive ketones (excluding diaryl/α,β-unsaturated/α-hetero) is 1. The van der Waals surface area contributed by atoms with Crippen molar-refractivity contribution in [2.24, 2.45) is 0 Å². The molecule has 20 heavy (non-hydrogen) atoms. The van der Waals surface area contributed by atoms with Crippen LogP contribution < -0.4 is 0 Å². The Kier molecular flexibility index (Phi) is 2.63. The molecule has 1 aliphatic heterocycles. The fraction of sp³-hybridized carbons (Fsp3) is 0.235. The average Bonchev–Trinajstić information content (AvgIpc) is 3.19. The Hall–Kier alpha value is -1.45. The van der Waals surface area contributed by atoms with Crippen molar-refractivity contribution >= 4 is 21.7 Å². The Morgan fingerprint density at radius 3 is 2.85 bits per heavy atom. The zero-order valence-corrected chi connectivity index (χ0v) is 12.4. The van der Waals surface area contributed by atoms with Gasteiger partial charge in [-0.3, -0.25) is 4.79 Å². The van der Waals surface area contributed by atoms with Crippen molar-refractivity contribution in [3.8, 4) is 0 Å². The summed E-state index contributed by atoms with van der Waals surface area (Å²) in [6.07, 6.45) is 1.59. The van der Waals surface area contributed by atoms with Crippen LogP contribution in [0.3, 0.4) is 0 Å². The minimum absolute atomic E-state index is 0.0964. The Labute approximate surface area is 125 Å². The molecule has 0 amide bonds. The second kappa shape index (κ2) is 4.27. The summed E-state index contributed by atoms with van der Waals surface area (Å²) in [5.41, 5.74) is 2.43. The van der Waals surface area contributed by atoms with Crippen LogP contribution in [0.4, 0.5) is 0 Å². The zero-order chi connectivity index (χ0) is 13.7. The number of epoxide rings is 1. The summed E-state index contributed by atoms with van der Waals surface area (Å²) in [6, 6.07) is 15.9. The van der Waals surface area contributed by atoms with Gasteiger partial charge < -0.3 is 4.74 Å². The molecule has 0 saturated carbocycles. The van der Waals surface area contributed by atoms with E-state index in [2.05, 4.69) is 15.9 Å². The van der Waals surface area contributed by atoms with Gasteiger partial charge in [0.2, 0.25) is 0 Å². The average molecular weight is 329 g/mol. The molecular formula is C17H13BrO2. The van der Waals surface area contributed by atoms with Crippen molar-refractivity contribution in [2.45, 2.75) is 24.5 Å². The lowest BCUT2D eigenvalue weighted by Crippen LogP contribution is -2.31. The molecule has 2 aromatic carbocycles. The van der Waals surface area contributed by atoms with E-state index in [0.29, 0.717) is 0 Å². The predicted octanol–water partition coefficient (Wildman–Crippen LogP) is 4.09. The Morgan fingerprint density at radius 1 is 1.15 bits per heavy atom. The van der Waals surface area contributed by atoms with Crippen LogP contribution in [0.5, 0.6) is 0 Å². The monoisotopic (exact) mass is 328 g/mol. The van der Waals surface area contributed by atoms with Gasteiger partial charge in [-0.25, -0.2) is 0 Å². The van der Waals surface area contributed by atoms with Gasteiger partial charge in [-0.05, 0) is 36.1 Å². The lowest BCUT2D eigenvalue weighted by Gasteiger charge is -2.20. The molecule has 0 aromatic heterocycles. The van der Waals surface area contributed by atoms with Crippen molar-refractivity contribution in [3.05, 3.63) is 69.7 Å². The number of benzene rings is 2. The second-order valence-electron chi connectivity index (χ2n) is 5.43. The molecule has 1 heterocycles. The predicted molar refractivity (Wildman–Crippen MR) is 79.8 cm³/mol. The van der Waals surface area contributed by atoms with Crippen molar-refractivity contribution in [1.29, 1.82) is 0 Å². The summed E-state index contributed by atoms with van der Waals surface area (Å²) in [7, 11) is 0. The van der Waals surface area contributed by atoms with E-state index in [1.807, 2.05) is 48.5 Å². The first-order valence-corrected chi connectivity index (χ1v) is 7.56. The van der Waals surface area contributed by atoms with Gasteiger partial charge in [0.25, 0.3) is 0 Å². The number of aryl methyl sites for hydroxylation is 1. The molecule has 3 heteroatoms. The van der Waals surface area contributed by atoms with Crippen molar-refractivity contribution in [1.82, 2.24) is 0 Å². The van der Waals surface area contributed by atoms with E-state index in [1.54, 1.807) is 0 Å². The van der Waals surface area contributed by atoms with Gasteiger partial charge in [-0.2, -0.15) is 0 Å². The third-order valence-electron chi connectivity index (χ3n) is 4.26. The van der Waals surface area contributed by atoms with E-state index >= 15 is 0 Å². The summed E-state index contributed by atoms with van der Waals surface area (Å²) in [4.78, 5) is 12.7. The third kappa shape index (κ3) is 1.70. The van der Waals surface area contributed by atoms with Gasteiger partial charge in [-0.1, -0.05) is 52.3 Å². The quantitative estimate of drug-likeness (QED) is 0.738. The molecular weight excluding hydrogens is 316 g/mol. The van der Waals surface area contributed by atoms with Gasteiger partial charge >= 0.3 is 0 Å². The molecule has 0 radical (unpaired) electrons. The molecule has 1 fully saturated rings. The number of hydrogen-bond acceptors (Lipinski definition) is 2. The van der Waals surface area contributed by atoms with Gasteiger partial charge in [0.15, 0.2) is 11.4 Å². The number of carbonyl (C=O) groups excluding carboxylic acids is 1. The van der Waals surface area contributed by atoms with E-state index in [0.717, 1.165) is 34.0 Å². The number of hydrogen-bond donors (Lipinski definition) is 0. The third-order valence-corrected chi connectivity index (χ3v) is 4.75. The molecule has 1 saturated heterocycles. The number of fused-ring (bicyclic) bond motifs is 1. The molecule has 1 aliphatic carbocycles. The fourth-order valence-corrected chi connectivity index (χ4v) is 3.58. The Balaban J connectivity index is 1.71. The van der Waals surface area contributed by atoms with Crippen molar-refractivity contribution in [3.63, 3.8) is 0 Å². The van der Waals surface area contributed by atoms with E-state index < -0.39 is 5.60 Å². The normalized spacial score (nSPS) is 27.4. The first kappa shape index (κ1) is 12.3. The molecule has 2 atom stereocenters.